The molecule has 1 aromatic carbocycles. The molecule has 29 heavy (non-hydrogen) atoms. The Morgan fingerprint density at radius 2 is 2.14 bits per heavy atom. The molecule has 1 N–H and O–H groups in total. The fourth-order valence-corrected chi connectivity index (χ4v) is 4.16. The van der Waals surface area contributed by atoms with Crippen LogP contribution >= 0.6 is 23.1 Å². The fraction of sp³-hybridized carbons (Fsp3) is 0.222. The number of amides is 2. The van der Waals surface area contributed by atoms with Crippen LogP contribution < -0.4 is 10.2 Å². The summed E-state index contributed by atoms with van der Waals surface area (Å²) in [6.45, 7) is 3.75. The molecule has 0 atom stereocenters. The van der Waals surface area contributed by atoms with E-state index in [2.05, 4.69) is 15.3 Å². The van der Waals surface area contributed by atoms with Gasteiger partial charge in [0.15, 0.2) is 10.3 Å². The van der Waals surface area contributed by atoms with Crippen molar-refractivity contribution in [3.63, 3.8) is 0 Å². The Morgan fingerprint density at radius 3 is 2.79 bits per heavy atom. The summed E-state index contributed by atoms with van der Waals surface area (Å²) in [5.74, 6) is -0.557. The van der Waals surface area contributed by atoms with Crippen LogP contribution in [0.2, 0.25) is 0 Å². The molecule has 152 valence electrons. The highest BCUT2D eigenvalue weighted by molar-refractivity contribution is 8.18. The van der Waals surface area contributed by atoms with Crippen LogP contribution in [-0.4, -0.2) is 28.5 Å². The van der Waals surface area contributed by atoms with Crippen molar-refractivity contribution >= 4 is 57.0 Å². The molecule has 0 spiro atoms. The number of benzene rings is 1. The zero-order chi connectivity index (χ0) is 21.2. The van der Waals surface area contributed by atoms with E-state index < -0.39 is 17.6 Å². The summed E-state index contributed by atoms with van der Waals surface area (Å²) in [7, 11) is 0. The molecule has 6 nitrogen and oxygen atoms in total. The predicted octanol–water partition coefficient (Wildman–Crippen LogP) is 4.43. The van der Waals surface area contributed by atoms with Gasteiger partial charge in [-0.1, -0.05) is 6.07 Å². The summed E-state index contributed by atoms with van der Waals surface area (Å²) in [5, 5.41) is 4.93. The van der Waals surface area contributed by atoms with E-state index in [1.165, 1.54) is 35.3 Å². The number of hydrogen-bond acceptors (Lipinski definition) is 6. The number of carbonyl (C=O) groups is 2. The highest BCUT2D eigenvalue weighted by Gasteiger charge is 2.30. The van der Waals surface area contributed by atoms with Crippen molar-refractivity contribution < 1.29 is 22.8 Å². The van der Waals surface area contributed by atoms with Crippen molar-refractivity contribution in [2.24, 2.45) is 4.99 Å². The number of alkyl halides is 3. The van der Waals surface area contributed by atoms with Crippen molar-refractivity contribution in [2.45, 2.75) is 20.0 Å². The molecule has 2 aromatic rings. The second-order valence-corrected chi connectivity index (χ2v) is 7.72. The minimum atomic E-state index is -4.47. The second kappa shape index (κ2) is 8.37. The van der Waals surface area contributed by atoms with Gasteiger partial charge in [-0.15, -0.1) is 11.3 Å². The number of aliphatic imine (C=N–C) groups is 1. The maximum absolute atomic E-state index is 12.8. The van der Waals surface area contributed by atoms with Crippen LogP contribution in [0.3, 0.4) is 0 Å². The molecule has 1 aliphatic rings. The smallest absolute Gasteiger partial charge is 0.300 e. The molecule has 1 aromatic heterocycles. The molecule has 2 heterocycles. The molecule has 1 fully saturated rings. The summed E-state index contributed by atoms with van der Waals surface area (Å²) in [6, 6.07) is 4.54. The normalized spacial score (nSPS) is 17.1. The average Bonchev–Trinajstić information content (AvgIpc) is 3.22. The molecule has 11 heteroatoms. The number of halogens is 3. The lowest BCUT2D eigenvalue weighted by Crippen LogP contribution is -2.27. The molecule has 2 amide bonds. The van der Waals surface area contributed by atoms with Gasteiger partial charge in [0.25, 0.3) is 5.91 Å². The lowest BCUT2D eigenvalue weighted by atomic mass is 10.2. The molecular formula is C18H15F3N4O2S2. The van der Waals surface area contributed by atoms with E-state index in [9.17, 15) is 22.8 Å². The largest absolute Gasteiger partial charge is 0.416 e. The second-order valence-electron chi connectivity index (χ2n) is 5.85. The van der Waals surface area contributed by atoms with Gasteiger partial charge in [0.1, 0.15) is 0 Å². The van der Waals surface area contributed by atoms with Crippen LogP contribution in [0.4, 0.5) is 24.0 Å². The van der Waals surface area contributed by atoms with E-state index in [1.54, 1.807) is 11.5 Å². The van der Waals surface area contributed by atoms with E-state index in [1.807, 2.05) is 6.92 Å². The van der Waals surface area contributed by atoms with Crippen molar-refractivity contribution in [3.05, 3.63) is 45.8 Å². The lowest BCUT2D eigenvalue weighted by Gasteiger charge is -2.14. The van der Waals surface area contributed by atoms with E-state index in [-0.39, 0.29) is 16.8 Å². The molecule has 1 saturated heterocycles. The number of thiazole rings is 1. The summed E-state index contributed by atoms with van der Waals surface area (Å²) < 4.78 is 38.5. The Bertz CT molecular complexity index is 1010. The SMILES string of the molecule is CCN(C(C)=O)c1nc(/C=C2/SC(=Nc3cccc(C(F)(F)F)c3)NC2=O)cs1. The van der Waals surface area contributed by atoms with Crippen LogP contribution in [-0.2, 0) is 15.8 Å². The number of rotatable bonds is 4. The van der Waals surface area contributed by atoms with Crippen molar-refractivity contribution in [1.29, 1.82) is 0 Å². The van der Waals surface area contributed by atoms with Crippen LogP contribution in [0.5, 0.6) is 0 Å². The summed E-state index contributed by atoms with van der Waals surface area (Å²) in [5.41, 5.74) is -0.229. The molecule has 1 aliphatic heterocycles. The van der Waals surface area contributed by atoms with E-state index in [0.29, 0.717) is 22.3 Å². The van der Waals surface area contributed by atoms with E-state index in [0.717, 1.165) is 23.9 Å². The number of amidine groups is 1. The Kier molecular flexibility index (Phi) is 6.08. The molecule has 0 unspecified atom stereocenters. The summed E-state index contributed by atoms with van der Waals surface area (Å²) in [6.07, 6.45) is -2.93. The highest BCUT2D eigenvalue weighted by Crippen LogP contribution is 2.33. The number of aromatic nitrogens is 1. The first kappa shape index (κ1) is 21.1. The van der Waals surface area contributed by atoms with Gasteiger partial charge >= 0.3 is 6.18 Å². The van der Waals surface area contributed by atoms with Gasteiger partial charge in [0.05, 0.1) is 21.8 Å². The quantitative estimate of drug-likeness (QED) is 0.714. The van der Waals surface area contributed by atoms with Gasteiger partial charge in [0.2, 0.25) is 5.91 Å². The number of nitrogens with zero attached hydrogens (tertiary/aromatic N) is 3. The first-order valence-electron chi connectivity index (χ1n) is 8.38. The Morgan fingerprint density at radius 1 is 1.38 bits per heavy atom. The number of carbonyl (C=O) groups excluding carboxylic acids is 2. The Balaban J connectivity index is 1.80. The Labute approximate surface area is 172 Å². The first-order chi connectivity index (χ1) is 13.7. The van der Waals surface area contributed by atoms with Crippen LogP contribution in [0, 0.1) is 0 Å². The molecular weight excluding hydrogens is 425 g/mol. The number of nitrogens with one attached hydrogen (secondary N) is 1. The number of hydrogen-bond donors (Lipinski definition) is 1. The summed E-state index contributed by atoms with van der Waals surface area (Å²) in [4.78, 5) is 34.0. The number of anilines is 1. The minimum Gasteiger partial charge on any atom is -0.300 e. The van der Waals surface area contributed by atoms with Gasteiger partial charge in [-0.25, -0.2) is 9.98 Å². The molecule has 0 saturated carbocycles. The molecule has 0 bridgehead atoms. The van der Waals surface area contributed by atoms with Gasteiger partial charge < -0.3 is 5.32 Å². The van der Waals surface area contributed by atoms with E-state index >= 15 is 0 Å². The zero-order valence-corrected chi connectivity index (χ0v) is 16.9. The lowest BCUT2D eigenvalue weighted by molar-refractivity contribution is -0.137. The maximum atomic E-state index is 12.8. The predicted molar refractivity (Wildman–Crippen MR) is 108 cm³/mol. The standard InChI is InChI=1S/C18H15F3N4O2S2/c1-3-25(10(2)26)17-23-13(9-28-17)8-14-15(27)24-16(29-14)22-12-6-4-5-11(7-12)18(19,20)21/h4-9H,3H2,1-2H3,(H,22,24,27)/b14-8+. The van der Waals surface area contributed by atoms with Gasteiger partial charge in [-0.2, -0.15) is 13.2 Å². The molecule has 0 radical (unpaired) electrons. The van der Waals surface area contributed by atoms with Crippen LogP contribution in [0.15, 0.2) is 39.5 Å². The van der Waals surface area contributed by atoms with Gasteiger partial charge in [-0.05, 0) is 43.0 Å². The van der Waals surface area contributed by atoms with Crippen molar-refractivity contribution in [3.8, 4) is 0 Å². The zero-order valence-electron chi connectivity index (χ0n) is 15.3. The van der Waals surface area contributed by atoms with Gasteiger partial charge in [0, 0.05) is 18.8 Å². The fourth-order valence-electron chi connectivity index (χ4n) is 2.44. The third-order valence-electron chi connectivity index (χ3n) is 3.77. The van der Waals surface area contributed by atoms with Crippen LogP contribution in [0.1, 0.15) is 25.1 Å². The average molecular weight is 440 g/mol. The Hall–Kier alpha value is -2.66. The van der Waals surface area contributed by atoms with Gasteiger partial charge in [-0.3, -0.25) is 14.5 Å². The topological polar surface area (TPSA) is 74.7 Å². The van der Waals surface area contributed by atoms with E-state index in [4.69, 9.17) is 0 Å². The highest BCUT2D eigenvalue weighted by atomic mass is 32.2. The van der Waals surface area contributed by atoms with Crippen molar-refractivity contribution in [1.82, 2.24) is 10.3 Å². The maximum Gasteiger partial charge on any atom is 0.416 e. The third-order valence-corrected chi connectivity index (χ3v) is 5.56. The molecule has 3 rings (SSSR count). The molecule has 0 aliphatic carbocycles. The third kappa shape index (κ3) is 5.04. The van der Waals surface area contributed by atoms with Crippen molar-refractivity contribution in [2.75, 3.05) is 11.4 Å². The minimum absolute atomic E-state index is 0.0832. The monoisotopic (exact) mass is 440 g/mol. The number of thioether (sulfide) groups is 1. The van der Waals surface area contributed by atoms with Crippen LogP contribution in [0.25, 0.3) is 6.08 Å². The first-order valence-corrected chi connectivity index (χ1v) is 10.1. The summed E-state index contributed by atoms with van der Waals surface area (Å²) >= 11 is 2.28.